The molecule has 0 atom stereocenters. The van der Waals surface area contributed by atoms with E-state index < -0.39 is 0 Å². The van der Waals surface area contributed by atoms with Crippen LogP contribution in [0.3, 0.4) is 0 Å². The summed E-state index contributed by atoms with van der Waals surface area (Å²) in [5.74, 6) is 0.598. The largest absolute Gasteiger partial charge is 0.357 e. The zero-order valence-corrected chi connectivity index (χ0v) is 10.7. The van der Waals surface area contributed by atoms with E-state index in [0.29, 0.717) is 10.9 Å². The lowest BCUT2D eigenvalue weighted by molar-refractivity contribution is 0.415. The summed E-state index contributed by atoms with van der Waals surface area (Å²) >= 11 is 5.83. The minimum atomic E-state index is 0.598. The van der Waals surface area contributed by atoms with Crippen molar-refractivity contribution in [1.29, 1.82) is 5.41 Å². The molecule has 0 radical (unpaired) electrons. The number of halogens is 1. The highest BCUT2D eigenvalue weighted by molar-refractivity contribution is 6.30. The van der Waals surface area contributed by atoms with E-state index in [2.05, 4.69) is 18.7 Å². The first-order valence-electron chi connectivity index (χ1n) is 5.78. The van der Waals surface area contributed by atoms with Gasteiger partial charge >= 0.3 is 0 Å². The second-order valence-electron chi connectivity index (χ2n) is 3.84. The fourth-order valence-electron chi connectivity index (χ4n) is 1.67. The van der Waals surface area contributed by atoms with Crippen molar-refractivity contribution in [3.8, 4) is 0 Å². The molecule has 0 fully saturated rings. The molecule has 0 bridgehead atoms. The molecule has 88 valence electrons. The summed E-state index contributed by atoms with van der Waals surface area (Å²) in [7, 11) is 0. The van der Waals surface area contributed by atoms with Gasteiger partial charge in [-0.25, -0.2) is 0 Å². The fourth-order valence-corrected chi connectivity index (χ4v) is 1.79. The summed E-state index contributed by atoms with van der Waals surface area (Å²) in [4.78, 5) is 2.11. The third-order valence-corrected chi connectivity index (χ3v) is 2.67. The van der Waals surface area contributed by atoms with Gasteiger partial charge in [0.15, 0.2) is 0 Å². The lowest BCUT2D eigenvalue weighted by Gasteiger charge is -2.24. The first-order valence-corrected chi connectivity index (χ1v) is 6.16. The van der Waals surface area contributed by atoms with Crippen LogP contribution in [0.1, 0.15) is 32.3 Å². The second-order valence-corrected chi connectivity index (χ2v) is 4.28. The third-order valence-electron chi connectivity index (χ3n) is 2.42. The van der Waals surface area contributed by atoms with E-state index in [9.17, 15) is 0 Å². The summed E-state index contributed by atoms with van der Waals surface area (Å²) in [6.07, 6.45) is 2.13. The van der Waals surface area contributed by atoms with Gasteiger partial charge in [0.1, 0.15) is 5.84 Å². The van der Waals surface area contributed by atoms with E-state index in [1.165, 1.54) is 0 Å². The van der Waals surface area contributed by atoms with Gasteiger partial charge in [-0.2, -0.15) is 0 Å². The fraction of sp³-hybridized carbons (Fsp3) is 0.462. The normalized spacial score (nSPS) is 10.2. The molecule has 0 spiro atoms. The number of rotatable bonds is 5. The van der Waals surface area contributed by atoms with E-state index in [1.54, 1.807) is 0 Å². The SMILES string of the molecule is CCCN(CCC)C(=N)c1ccc(Cl)cc1. The van der Waals surface area contributed by atoms with E-state index in [1.807, 2.05) is 24.3 Å². The van der Waals surface area contributed by atoms with Crippen LogP contribution in [0.15, 0.2) is 24.3 Å². The lowest BCUT2D eigenvalue weighted by Crippen LogP contribution is -2.32. The van der Waals surface area contributed by atoms with Crippen molar-refractivity contribution >= 4 is 17.4 Å². The highest BCUT2D eigenvalue weighted by Crippen LogP contribution is 2.12. The van der Waals surface area contributed by atoms with Gasteiger partial charge in [-0.1, -0.05) is 25.4 Å². The van der Waals surface area contributed by atoms with Gasteiger partial charge in [0, 0.05) is 23.7 Å². The third kappa shape index (κ3) is 3.53. The average Bonchev–Trinajstić information content (AvgIpc) is 2.29. The maximum absolute atomic E-state index is 8.15. The number of benzene rings is 1. The Hall–Kier alpha value is -1.02. The van der Waals surface area contributed by atoms with E-state index >= 15 is 0 Å². The van der Waals surface area contributed by atoms with Crippen molar-refractivity contribution in [3.63, 3.8) is 0 Å². The molecule has 0 heterocycles. The molecule has 0 aliphatic rings. The first kappa shape index (κ1) is 13.0. The lowest BCUT2D eigenvalue weighted by atomic mass is 10.2. The number of amidine groups is 1. The predicted octanol–water partition coefficient (Wildman–Crippen LogP) is 3.79. The van der Waals surface area contributed by atoms with Crippen molar-refractivity contribution in [2.75, 3.05) is 13.1 Å². The highest BCUT2D eigenvalue weighted by Gasteiger charge is 2.09. The van der Waals surface area contributed by atoms with Gasteiger partial charge < -0.3 is 4.90 Å². The van der Waals surface area contributed by atoms with Gasteiger partial charge in [-0.05, 0) is 37.1 Å². The molecule has 3 heteroatoms. The zero-order valence-electron chi connectivity index (χ0n) is 9.96. The first-order chi connectivity index (χ1) is 7.69. The Bertz CT molecular complexity index is 326. The van der Waals surface area contributed by atoms with Crippen LogP contribution in [-0.4, -0.2) is 23.8 Å². The van der Waals surface area contributed by atoms with Crippen molar-refractivity contribution in [2.45, 2.75) is 26.7 Å². The molecule has 0 aliphatic heterocycles. The Labute approximate surface area is 103 Å². The van der Waals surface area contributed by atoms with Gasteiger partial charge in [-0.3, -0.25) is 5.41 Å². The number of hydrogen-bond donors (Lipinski definition) is 1. The highest BCUT2D eigenvalue weighted by atomic mass is 35.5. The van der Waals surface area contributed by atoms with Crippen LogP contribution in [-0.2, 0) is 0 Å². The van der Waals surface area contributed by atoms with Crippen LogP contribution in [0.4, 0.5) is 0 Å². The topological polar surface area (TPSA) is 27.1 Å². The van der Waals surface area contributed by atoms with Crippen molar-refractivity contribution < 1.29 is 0 Å². The van der Waals surface area contributed by atoms with Gasteiger partial charge in [0.2, 0.25) is 0 Å². The molecule has 0 saturated heterocycles. The quantitative estimate of drug-likeness (QED) is 0.613. The van der Waals surface area contributed by atoms with Gasteiger partial charge in [-0.15, -0.1) is 0 Å². The summed E-state index contributed by atoms with van der Waals surface area (Å²) in [6, 6.07) is 7.48. The molecule has 1 N–H and O–H groups in total. The Balaban J connectivity index is 2.77. The number of hydrogen-bond acceptors (Lipinski definition) is 1. The van der Waals surface area contributed by atoms with Crippen LogP contribution < -0.4 is 0 Å². The summed E-state index contributed by atoms with van der Waals surface area (Å²) in [5, 5.41) is 8.86. The standard InChI is InChI=1S/C13H19ClN2/c1-3-9-16(10-4-2)13(15)11-5-7-12(14)8-6-11/h5-8,15H,3-4,9-10H2,1-2H3. The number of nitrogens with zero attached hydrogens (tertiary/aromatic N) is 1. The minimum absolute atomic E-state index is 0.598. The second kappa shape index (κ2) is 6.54. The molecule has 16 heavy (non-hydrogen) atoms. The molecule has 0 aromatic heterocycles. The van der Waals surface area contributed by atoms with Crippen molar-refractivity contribution in [3.05, 3.63) is 34.9 Å². The maximum atomic E-state index is 8.15. The Morgan fingerprint density at radius 1 is 1.12 bits per heavy atom. The predicted molar refractivity (Wildman–Crippen MR) is 70.4 cm³/mol. The van der Waals surface area contributed by atoms with Crippen LogP contribution in [0.25, 0.3) is 0 Å². The van der Waals surface area contributed by atoms with Crippen molar-refractivity contribution in [1.82, 2.24) is 4.90 Å². The van der Waals surface area contributed by atoms with Crippen LogP contribution in [0, 0.1) is 5.41 Å². The smallest absolute Gasteiger partial charge is 0.128 e. The molecule has 1 rings (SSSR count). The minimum Gasteiger partial charge on any atom is -0.357 e. The van der Waals surface area contributed by atoms with Gasteiger partial charge in [0.05, 0.1) is 0 Å². The van der Waals surface area contributed by atoms with E-state index in [-0.39, 0.29) is 0 Å². The molecule has 0 aliphatic carbocycles. The molecular weight excluding hydrogens is 220 g/mol. The summed E-state index contributed by atoms with van der Waals surface area (Å²) in [6.45, 7) is 6.15. The molecular formula is C13H19ClN2. The zero-order chi connectivity index (χ0) is 12.0. The van der Waals surface area contributed by atoms with E-state index in [0.717, 1.165) is 31.5 Å². The Morgan fingerprint density at radius 3 is 2.06 bits per heavy atom. The molecule has 0 saturated carbocycles. The maximum Gasteiger partial charge on any atom is 0.128 e. The molecule has 0 amide bonds. The van der Waals surface area contributed by atoms with Gasteiger partial charge in [0.25, 0.3) is 0 Å². The summed E-state index contributed by atoms with van der Waals surface area (Å²) in [5.41, 5.74) is 0.936. The molecule has 1 aromatic carbocycles. The Morgan fingerprint density at radius 2 is 1.62 bits per heavy atom. The van der Waals surface area contributed by atoms with Crippen LogP contribution >= 0.6 is 11.6 Å². The molecule has 2 nitrogen and oxygen atoms in total. The Kier molecular flexibility index (Phi) is 5.33. The van der Waals surface area contributed by atoms with Crippen molar-refractivity contribution in [2.24, 2.45) is 0 Å². The summed E-state index contributed by atoms with van der Waals surface area (Å²) < 4.78 is 0. The van der Waals surface area contributed by atoms with E-state index in [4.69, 9.17) is 17.0 Å². The monoisotopic (exact) mass is 238 g/mol. The number of nitrogens with one attached hydrogen (secondary N) is 1. The average molecular weight is 239 g/mol. The van der Waals surface area contributed by atoms with Crippen LogP contribution in [0.2, 0.25) is 5.02 Å². The van der Waals surface area contributed by atoms with Crippen LogP contribution in [0.5, 0.6) is 0 Å². The molecule has 1 aromatic rings. The molecule has 0 unspecified atom stereocenters.